The normalized spacial score (nSPS) is 11.2. The first-order valence-corrected chi connectivity index (χ1v) is 9.08. The second-order valence-electron chi connectivity index (χ2n) is 6.02. The van der Waals surface area contributed by atoms with Crippen LogP contribution in [0, 0.1) is 6.92 Å². The summed E-state index contributed by atoms with van der Waals surface area (Å²) in [5.41, 5.74) is 2.65. The van der Waals surface area contributed by atoms with Crippen LogP contribution < -0.4 is 0 Å². The fraction of sp³-hybridized carbons (Fsp3) is 0.368. The third-order valence-corrected chi connectivity index (χ3v) is 4.59. The summed E-state index contributed by atoms with van der Waals surface area (Å²) in [4.78, 5) is 14.0. The van der Waals surface area contributed by atoms with Gasteiger partial charge < -0.3 is 4.90 Å². The van der Waals surface area contributed by atoms with Crippen molar-refractivity contribution in [2.75, 3.05) is 7.05 Å². The van der Waals surface area contributed by atoms with Gasteiger partial charge in [-0.3, -0.25) is 9.48 Å². The van der Waals surface area contributed by atoms with Gasteiger partial charge in [-0.2, -0.15) is 5.10 Å². The van der Waals surface area contributed by atoms with Crippen LogP contribution in [0.25, 0.3) is 6.08 Å². The Kier molecular flexibility index (Phi) is 7.09. The molecule has 0 fully saturated rings. The summed E-state index contributed by atoms with van der Waals surface area (Å²) in [5.74, 6) is -0.0910. The molecule has 0 N–H and O–H groups in total. The number of rotatable bonds is 7. The van der Waals surface area contributed by atoms with Gasteiger partial charge in [0.2, 0.25) is 5.91 Å². The van der Waals surface area contributed by atoms with Gasteiger partial charge in [0.05, 0.1) is 5.69 Å². The van der Waals surface area contributed by atoms with Crippen LogP contribution in [-0.4, -0.2) is 27.6 Å². The summed E-state index contributed by atoms with van der Waals surface area (Å²) in [6.07, 6.45) is 5.38. The average Bonchev–Trinajstić information content (AvgIpc) is 2.86. The molecule has 0 aliphatic heterocycles. The number of nitrogens with zero attached hydrogens (tertiary/aromatic N) is 3. The van der Waals surface area contributed by atoms with Gasteiger partial charge >= 0.3 is 0 Å². The number of aromatic nitrogens is 2. The van der Waals surface area contributed by atoms with E-state index in [1.54, 1.807) is 22.7 Å². The highest BCUT2D eigenvalue weighted by molar-refractivity contribution is 6.31. The molecule has 0 unspecified atom stereocenters. The lowest BCUT2D eigenvalue weighted by Gasteiger charge is -2.15. The monoisotopic (exact) mass is 379 g/mol. The van der Waals surface area contributed by atoms with Crippen LogP contribution in [0.4, 0.5) is 0 Å². The molecule has 1 aromatic heterocycles. The van der Waals surface area contributed by atoms with Gasteiger partial charge in [-0.25, -0.2) is 0 Å². The Labute approximate surface area is 159 Å². The fourth-order valence-corrected chi connectivity index (χ4v) is 2.88. The van der Waals surface area contributed by atoms with Crippen LogP contribution in [0.1, 0.15) is 36.6 Å². The SMILES string of the molecule is CCCCn1nc(C)c(/C=C/C(=O)N(C)Cc2ccc(Cl)cc2)c1Cl. The van der Waals surface area contributed by atoms with Crippen LogP contribution in [-0.2, 0) is 17.9 Å². The molecule has 2 aromatic rings. The Balaban J connectivity index is 2.04. The first-order valence-electron chi connectivity index (χ1n) is 8.33. The van der Waals surface area contributed by atoms with Gasteiger partial charge in [-0.05, 0) is 37.1 Å². The van der Waals surface area contributed by atoms with E-state index in [2.05, 4.69) is 12.0 Å². The minimum atomic E-state index is -0.0910. The van der Waals surface area contributed by atoms with E-state index in [1.165, 1.54) is 6.08 Å². The number of unbranched alkanes of at least 4 members (excludes halogenated alkanes) is 1. The predicted molar refractivity (Wildman–Crippen MR) is 104 cm³/mol. The lowest BCUT2D eigenvalue weighted by molar-refractivity contribution is -0.125. The fourth-order valence-electron chi connectivity index (χ4n) is 2.44. The number of benzene rings is 1. The van der Waals surface area contributed by atoms with Crippen LogP contribution in [0.5, 0.6) is 0 Å². The number of carbonyl (C=O) groups excluding carboxylic acids is 1. The van der Waals surface area contributed by atoms with Crippen molar-refractivity contribution in [2.24, 2.45) is 0 Å². The molecule has 134 valence electrons. The van der Waals surface area contributed by atoms with E-state index in [-0.39, 0.29) is 5.91 Å². The molecule has 4 nitrogen and oxygen atoms in total. The summed E-state index contributed by atoms with van der Waals surface area (Å²) in [6, 6.07) is 7.46. The molecule has 1 amide bonds. The van der Waals surface area contributed by atoms with E-state index >= 15 is 0 Å². The van der Waals surface area contributed by atoms with Crippen molar-refractivity contribution in [3.8, 4) is 0 Å². The summed E-state index contributed by atoms with van der Waals surface area (Å²) in [7, 11) is 1.76. The summed E-state index contributed by atoms with van der Waals surface area (Å²) in [5, 5.41) is 5.70. The summed E-state index contributed by atoms with van der Waals surface area (Å²) < 4.78 is 1.79. The number of likely N-dealkylation sites (N-methyl/N-ethyl adjacent to an activating group) is 1. The molecule has 25 heavy (non-hydrogen) atoms. The standard InChI is InChI=1S/C19H23Cl2N3O/c1-4-5-12-24-19(21)17(14(2)22-24)10-11-18(25)23(3)13-15-6-8-16(20)9-7-15/h6-11H,4-5,12-13H2,1-3H3/b11-10+. The van der Waals surface area contributed by atoms with E-state index in [1.807, 2.05) is 31.2 Å². The molecule has 6 heteroatoms. The smallest absolute Gasteiger partial charge is 0.246 e. The molecule has 0 spiro atoms. The Morgan fingerprint density at radius 1 is 1.28 bits per heavy atom. The number of aryl methyl sites for hydroxylation is 2. The Morgan fingerprint density at radius 3 is 2.60 bits per heavy atom. The second-order valence-corrected chi connectivity index (χ2v) is 6.82. The van der Waals surface area contributed by atoms with Crippen molar-refractivity contribution in [3.63, 3.8) is 0 Å². The minimum absolute atomic E-state index is 0.0910. The van der Waals surface area contributed by atoms with E-state index < -0.39 is 0 Å². The Bertz CT molecular complexity index is 751. The maximum absolute atomic E-state index is 12.3. The number of carbonyl (C=O) groups is 1. The second kappa shape index (κ2) is 9.07. The van der Waals surface area contributed by atoms with Gasteiger partial charge in [0.15, 0.2) is 0 Å². The lowest BCUT2D eigenvalue weighted by atomic mass is 10.2. The number of amides is 1. The minimum Gasteiger partial charge on any atom is -0.338 e. The molecule has 0 bridgehead atoms. The third kappa shape index (κ3) is 5.35. The zero-order valence-corrected chi connectivity index (χ0v) is 16.3. The Hall–Kier alpha value is -1.78. The topological polar surface area (TPSA) is 38.1 Å². The van der Waals surface area contributed by atoms with E-state index in [0.717, 1.165) is 36.2 Å². The average molecular weight is 380 g/mol. The largest absolute Gasteiger partial charge is 0.338 e. The molecule has 0 atom stereocenters. The highest BCUT2D eigenvalue weighted by Crippen LogP contribution is 2.22. The first kappa shape index (κ1) is 19.5. The van der Waals surface area contributed by atoms with E-state index in [4.69, 9.17) is 23.2 Å². The lowest BCUT2D eigenvalue weighted by Crippen LogP contribution is -2.24. The van der Waals surface area contributed by atoms with Crippen LogP contribution in [0.15, 0.2) is 30.3 Å². The van der Waals surface area contributed by atoms with Crippen molar-refractivity contribution < 1.29 is 4.79 Å². The van der Waals surface area contributed by atoms with Crippen molar-refractivity contribution in [2.45, 2.75) is 39.8 Å². The van der Waals surface area contributed by atoms with Crippen molar-refractivity contribution in [3.05, 3.63) is 57.3 Å². The first-order chi connectivity index (χ1) is 11.9. The van der Waals surface area contributed by atoms with E-state index in [9.17, 15) is 4.79 Å². The van der Waals surface area contributed by atoms with Gasteiger partial charge in [0, 0.05) is 36.8 Å². The number of hydrogen-bond acceptors (Lipinski definition) is 2. The van der Waals surface area contributed by atoms with Gasteiger partial charge in [-0.15, -0.1) is 0 Å². The van der Waals surface area contributed by atoms with Crippen molar-refractivity contribution >= 4 is 35.2 Å². The van der Waals surface area contributed by atoms with Crippen molar-refractivity contribution in [1.29, 1.82) is 0 Å². The number of hydrogen-bond donors (Lipinski definition) is 0. The quantitative estimate of drug-likeness (QED) is 0.636. The maximum Gasteiger partial charge on any atom is 0.246 e. The molecular weight excluding hydrogens is 357 g/mol. The van der Waals surface area contributed by atoms with Crippen LogP contribution >= 0.6 is 23.2 Å². The highest BCUT2D eigenvalue weighted by atomic mass is 35.5. The summed E-state index contributed by atoms with van der Waals surface area (Å²) in [6.45, 7) is 5.33. The molecule has 2 rings (SSSR count). The molecule has 1 heterocycles. The molecule has 0 saturated heterocycles. The summed E-state index contributed by atoms with van der Waals surface area (Å²) >= 11 is 12.3. The Morgan fingerprint density at radius 2 is 1.96 bits per heavy atom. The van der Waals surface area contributed by atoms with Crippen molar-refractivity contribution in [1.82, 2.24) is 14.7 Å². The molecule has 0 aliphatic carbocycles. The third-order valence-electron chi connectivity index (χ3n) is 3.93. The molecule has 0 radical (unpaired) electrons. The zero-order chi connectivity index (χ0) is 18.4. The highest BCUT2D eigenvalue weighted by Gasteiger charge is 2.12. The van der Waals surface area contributed by atoms with Gasteiger partial charge in [0.1, 0.15) is 5.15 Å². The number of halogens is 2. The maximum atomic E-state index is 12.3. The van der Waals surface area contributed by atoms with Crippen LogP contribution in [0.3, 0.4) is 0 Å². The van der Waals surface area contributed by atoms with Gasteiger partial charge in [-0.1, -0.05) is 48.7 Å². The molecule has 0 aliphatic rings. The zero-order valence-electron chi connectivity index (χ0n) is 14.8. The van der Waals surface area contributed by atoms with E-state index in [0.29, 0.717) is 16.7 Å². The molecular formula is C19H23Cl2N3O. The molecule has 0 saturated carbocycles. The predicted octanol–water partition coefficient (Wildman–Crippen LogP) is 4.97. The molecule has 1 aromatic carbocycles. The van der Waals surface area contributed by atoms with Gasteiger partial charge in [0.25, 0.3) is 0 Å². The van der Waals surface area contributed by atoms with Crippen LogP contribution in [0.2, 0.25) is 10.2 Å².